The summed E-state index contributed by atoms with van der Waals surface area (Å²) >= 11 is 0. The van der Waals surface area contributed by atoms with E-state index in [4.69, 9.17) is 0 Å². The molecule has 2 aromatic rings. The van der Waals surface area contributed by atoms with E-state index in [9.17, 15) is 10.1 Å². The topological polar surface area (TPSA) is 71.3 Å². The number of fused-ring (bicyclic) bond motifs is 1. The first-order valence-corrected chi connectivity index (χ1v) is 8.08. The number of aromatic nitrogens is 1. The molecule has 0 radical (unpaired) electrons. The molecule has 6 nitrogen and oxygen atoms in total. The van der Waals surface area contributed by atoms with Gasteiger partial charge in [0.2, 0.25) is 0 Å². The molecule has 1 N–H and O–H groups in total. The first-order valence-electron chi connectivity index (χ1n) is 8.08. The third-order valence-corrected chi connectivity index (χ3v) is 5.22. The molecule has 1 aromatic carbocycles. The van der Waals surface area contributed by atoms with Gasteiger partial charge < -0.3 is 10.2 Å². The van der Waals surface area contributed by atoms with E-state index in [1.165, 1.54) is 18.9 Å². The lowest BCUT2D eigenvalue weighted by molar-refractivity contribution is -0.384. The number of non-ortho nitro benzene ring substituents is 1. The molecule has 4 rings (SSSR count). The van der Waals surface area contributed by atoms with Gasteiger partial charge in [0, 0.05) is 53.9 Å². The average Bonchev–Trinajstić information content (AvgIpc) is 3.16. The molecule has 2 saturated heterocycles. The minimum atomic E-state index is -0.338. The number of aryl methyl sites for hydroxylation is 1. The van der Waals surface area contributed by atoms with Crippen LogP contribution in [0.1, 0.15) is 18.5 Å². The molecule has 1 spiro atoms. The number of pyridine rings is 1. The summed E-state index contributed by atoms with van der Waals surface area (Å²) in [4.78, 5) is 17.7. The van der Waals surface area contributed by atoms with Crippen LogP contribution in [0.15, 0.2) is 24.3 Å². The summed E-state index contributed by atoms with van der Waals surface area (Å²) in [6.45, 7) is 6.17. The van der Waals surface area contributed by atoms with Gasteiger partial charge in [-0.05, 0) is 38.4 Å². The number of nitro benzene ring substituents is 1. The molecule has 2 fully saturated rings. The zero-order valence-electron chi connectivity index (χ0n) is 13.2. The zero-order chi connectivity index (χ0) is 16.0. The molecule has 23 heavy (non-hydrogen) atoms. The molecule has 1 unspecified atom stereocenters. The second-order valence-corrected chi connectivity index (χ2v) is 6.84. The Kier molecular flexibility index (Phi) is 3.23. The minimum Gasteiger partial charge on any atom is -0.370 e. The summed E-state index contributed by atoms with van der Waals surface area (Å²) in [5, 5.41) is 15.5. The predicted molar refractivity (Wildman–Crippen MR) is 89.9 cm³/mol. The maximum Gasteiger partial charge on any atom is 0.270 e. The van der Waals surface area contributed by atoms with Crippen LogP contribution in [0.25, 0.3) is 10.9 Å². The van der Waals surface area contributed by atoms with Crippen LogP contribution in [0.2, 0.25) is 0 Å². The van der Waals surface area contributed by atoms with Gasteiger partial charge in [0.05, 0.1) is 10.4 Å². The van der Waals surface area contributed by atoms with Gasteiger partial charge in [-0.25, -0.2) is 0 Å². The van der Waals surface area contributed by atoms with E-state index in [2.05, 4.69) is 21.3 Å². The summed E-state index contributed by atoms with van der Waals surface area (Å²) in [6, 6.07) is 7.01. The molecule has 3 heterocycles. The standard InChI is InChI=1S/C17H20N4O2/c1-12-8-16(20-7-5-17(11-20)4-6-18-10-17)14-9-13(21(22)23)2-3-15(14)19-12/h2-3,8-9,18H,4-7,10-11H2,1H3. The van der Waals surface area contributed by atoms with Crippen molar-refractivity contribution >= 4 is 22.3 Å². The minimum absolute atomic E-state index is 0.126. The third kappa shape index (κ3) is 2.43. The summed E-state index contributed by atoms with van der Waals surface area (Å²) in [7, 11) is 0. The number of hydrogen-bond acceptors (Lipinski definition) is 5. The summed E-state index contributed by atoms with van der Waals surface area (Å²) in [5.74, 6) is 0. The highest BCUT2D eigenvalue weighted by Crippen LogP contribution is 2.40. The van der Waals surface area contributed by atoms with Gasteiger partial charge in [0.25, 0.3) is 5.69 Å². The number of hydrogen-bond donors (Lipinski definition) is 1. The SMILES string of the molecule is Cc1cc(N2CCC3(CCNC3)C2)c2cc([N+](=O)[O-])ccc2n1. The van der Waals surface area contributed by atoms with Gasteiger partial charge in [-0.15, -0.1) is 0 Å². The van der Waals surface area contributed by atoms with Crippen LogP contribution in [0.5, 0.6) is 0 Å². The van der Waals surface area contributed by atoms with Crippen LogP contribution in [0.4, 0.5) is 11.4 Å². The maximum absolute atomic E-state index is 11.1. The monoisotopic (exact) mass is 312 g/mol. The Morgan fingerprint density at radius 3 is 2.96 bits per heavy atom. The Hall–Kier alpha value is -2.21. The lowest BCUT2D eigenvalue weighted by Crippen LogP contribution is -2.29. The second-order valence-electron chi connectivity index (χ2n) is 6.84. The van der Waals surface area contributed by atoms with E-state index in [1.807, 2.05) is 6.92 Å². The van der Waals surface area contributed by atoms with Crippen molar-refractivity contribution < 1.29 is 4.92 Å². The number of nitro groups is 1. The number of benzene rings is 1. The predicted octanol–water partition coefficient (Wildman–Crippen LogP) is 2.64. The maximum atomic E-state index is 11.1. The smallest absolute Gasteiger partial charge is 0.270 e. The molecule has 1 aromatic heterocycles. The Morgan fingerprint density at radius 2 is 2.22 bits per heavy atom. The van der Waals surface area contributed by atoms with Crippen LogP contribution in [0.3, 0.4) is 0 Å². The number of rotatable bonds is 2. The van der Waals surface area contributed by atoms with Gasteiger partial charge >= 0.3 is 0 Å². The summed E-state index contributed by atoms with van der Waals surface area (Å²) in [5.41, 5.74) is 3.35. The Labute approximate surface area is 134 Å². The van der Waals surface area contributed by atoms with Crippen LogP contribution in [-0.2, 0) is 0 Å². The van der Waals surface area contributed by atoms with Gasteiger partial charge in [0.15, 0.2) is 0 Å². The molecular weight excluding hydrogens is 292 g/mol. The Morgan fingerprint density at radius 1 is 1.35 bits per heavy atom. The molecule has 0 aliphatic carbocycles. The molecule has 1 atom stereocenters. The zero-order valence-corrected chi connectivity index (χ0v) is 13.2. The molecule has 2 aliphatic heterocycles. The Balaban J connectivity index is 1.79. The van der Waals surface area contributed by atoms with Crippen molar-refractivity contribution in [2.45, 2.75) is 19.8 Å². The van der Waals surface area contributed by atoms with Gasteiger partial charge in [-0.2, -0.15) is 0 Å². The third-order valence-electron chi connectivity index (χ3n) is 5.22. The van der Waals surface area contributed by atoms with Crippen molar-refractivity contribution in [3.8, 4) is 0 Å². The highest BCUT2D eigenvalue weighted by Gasteiger charge is 2.40. The molecule has 0 amide bonds. The lowest BCUT2D eigenvalue weighted by Gasteiger charge is -2.25. The molecule has 0 saturated carbocycles. The first kappa shape index (κ1) is 14.4. The summed E-state index contributed by atoms with van der Waals surface area (Å²) in [6.07, 6.45) is 2.39. The molecule has 0 bridgehead atoms. The molecule has 2 aliphatic rings. The van der Waals surface area contributed by atoms with Crippen LogP contribution in [-0.4, -0.2) is 36.1 Å². The first-order chi connectivity index (χ1) is 11.1. The fourth-order valence-electron chi connectivity index (χ4n) is 3.98. The fourth-order valence-corrected chi connectivity index (χ4v) is 3.98. The number of nitrogens with zero attached hydrogens (tertiary/aromatic N) is 3. The lowest BCUT2D eigenvalue weighted by atomic mass is 9.86. The van der Waals surface area contributed by atoms with Crippen LogP contribution in [0, 0.1) is 22.5 Å². The van der Waals surface area contributed by atoms with E-state index < -0.39 is 0 Å². The van der Waals surface area contributed by atoms with Crippen molar-refractivity contribution in [2.75, 3.05) is 31.1 Å². The van der Waals surface area contributed by atoms with Gasteiger partial charge in [-0.3, -0.25) is 15.1 Å². The number of nitrogens with one attached hydrogen (secondary N) is 1. The van der Waals surface area contributed by atoms with Crippen molar-refractivity contribution in [1.29, 1.82) is 0 Å². The van der Waals surface area contributed by atoms with Gasteiger partial charge in [-0.1, -0.05) is 0 Å². The van der Waals surface area contributed by atoms with Crippen molar-refractivity contribution in [1.82, 2.24) is 10.3 Å². The van der Waals surface area contributed by atoms with Crippen LogP contribution >= 0.6 is 0 Å². The Bertz CT molecular complexity index is 784. The van der Waals surface area contributed by atoms with Crippen molar-refractivity contribution in [2.24, 2.45) is 5.41 Å². The highest BCUT2D eigenvalue weighted by molar-refractivity contribution is 5.93. The van der Waals surface area contributed by atoms with Crippen molar-refractivity contribution in [3.63, 3.8) is 0 Å². The van der Waals surface area contributed by atoms with Gasteiger partial charge in [0.1, 0.15) is 0 Å². The average molecular weight is 312 g/mol. The fraction of sp³-hybridized carbons (Fsp3) is 0.471. The van der Waals surface area contributed by atoms with Crippen LogP contribution < -0.4 is 10.2 Å². The van der Waals surface area contributed by atoms with E-state index in [-0.39, 0.29) is 10.6 Å². The highest BCUT2D eigenvalue weighted by atomic mass is 16.6. The van der Waals surface area contributed by atoms with Crippen molar-refractivity contribution in [3.05, 3.63) is 40.1 Å². The second kappa shape index (κ2) is 5.16. The largest absolute Gasteiger partial charge is 0.370 e. The molecular formula is C17H20N4O2. The van der Waals surface area contributed by atoms with E-state index in [1.54, 1.807) is 12.1 Å². The molecule has 120 valence electrons. The van der Waals surface area contributed by atoms with E-state index in [0.29, 0.717) is 5.41 Å². The van der Waals surface area contributed by atoms with E-state index in [0.717, 1.165) is 48.5 Å². The van der Waals surface area contributed by atoms with E-state index >= 15 is 0 Å². The normalized spacial score (nSPS) is 24.0. The number of anilines is 1. The molecule has 6 heteroatoms. The quantitative estimate of drug-likeness (QED) is 0.682. The summed E-state index contributed by atoms with van der Waals surface area (Å²) < 4.78 is 0.